The van der Waals surface area contributed by atoms with Gasteiger partial charge in [0.05, 0.1) is 26.8 Å². The van der Waals surface area contributed by atoms with E-state index in [1.807, 2.05) is 5.51 Å². The van der Waals surface area contributed by atoms with Crippen molar-refractivity contribution in [2.24, 2.45) is 0 Å². The van der Waals surface area contributed by atoms with Crippen LogP contribution in [0.1, 0.15) is 0 Å². The highest BCUT2D eigenvalue weighted by Gasteiger charge is 2.14. The van der Waals surface area contributed by atoms with Crippen LogP contribution in [0.15, 0.2) is 84.4 Å². The lowest BCUT2D eigenvalue weighted by atomic mass is 10.1. The molecular weight excluding hydrogens is 336 g/mol. The fraction of sp³-hybridized carbons (Fsp3) is 0. The van der Waals surface area contributed by atoms with Gasteiger partial charge < -0.3 is 4.57 Å². The molecule has 3 heteroatoms. The smallest absolute Gasteiger partial charge is 0.0832 e. The van der Waals surface area contributed by atoms with E-state index in [0.717, 1.165) is 11.2 Å². The van der Waals surface area contributed by atoms with Gasteiger partial charge in [0.25, 0.3) is 0 Å². The first-order valence-corrected chi connectivity index (χ1v) is 9.53. The second-order valence-electron chi connectivity index (χ2n) is 6.54. The Bertz CT molecular complexity index is 1440. The number of benzene rings is 4. The summed E-state index contributed by atoms with van der Waals surface area (Å²) in [5, 5.41) is 5.11. The van der Waals surface area contributed by atoms with E-state index in [2.05, 4.69) is 88.4 Å². The summed E-state index contributed by atoms with van der Waals surface area (Å²) in [6.07, 6.45) is 0. The highest BCUT2D eigenvalue weighted by Crippen LogP contribution is 2.37. The molecule has 0 radical (unpaired) electrons. The topological polar surface area (TPSA) is 17.8 Å². The lowest BCUT2D eigenvalue weighted by molar-refractivity contribution is 1.19. The molecule has 2 heterocycles. The summed E-state index contributed by atoms with van der Waals surface area (Å²) in [6.45, 7) is 0. The molecule has 0 aliphatic rings. The molecule has 0 amide bonds. The van der Waals surface area contributed by atoms with E-state index in [0.29, 0.717) is 0 Å². The first-order chi connectivity index (χ1) is 12.9. The zero-order chi connectivity index (χ0) is 17.1. The van der Waals surface area contributed by atoms with Crippen molar-refractivity contribution in [3.63, 3.8) is 0 Å². The van der Waals surface area contributed by atoms with Crippen molar-refractivity contribution in [2.45, 2.75) is 0 Å². The normalized spacial score (nSPS) is 11.8. The Morgan fingerprint density at radius 3 is 2.54 bits per heavy atom. The van der Waals surface area contributed by atoms with Crippen molar-refractivity contribution in [3.8, 4) is 5.69 Å². The molecule has 0 aliphatic heterocycles. The van der Waals surface area contributed by atoms with Crippen molar-refractivity contribution < 1.29 is 0 Å². The minimum absolute atomic E-state index is 1.05. The van der Waals surface area contributed by atoms with Crippen LogP contribution < -0.4 is 0 Å². The lowest BCUT2D eigenvalue weighted by Crippen LogP contribution is -1.94. The highest BCUT2D eigenvalue weighted by atomic mass is 32.1. The average molecular weight is 350 g/mol. The zero-order valence-electron chi connectivity index (χ0n) is 13.9. The van der Waals surface area contributed by atoms with Crippen LogP contribution in [0.2, 0.25) is 0 Å². The van der Waals surface area contributed by atoms with E-state index in [9.17, 15) is 0 Å². The van der Waals surface area contributed by atoms with Crippen molar-refractivity contribution in [2.75, 3.05) is 0 Å². The van der Waals surface area contributed by atoms with Gasteiger partial charge >= 0.3 is 0 Å². The Morgan fingerprint density at radius 1 is 0.731 bits per heavy atom. The molecule has 0 saturated carbocycles. The molecule has 2 aromatic heterocycles. The van der Waals surface area contributed by atoms with Crippen LogP contribution in [0.5, 0.6) is 0 Å². The van der Waals surface area contributed by atoms with E-state index in [4.69, 9.17) is 0 Å². The lowest BCUT2D eigenvalue weighted by Gasteiger charge is -2.10. The molecule has 6 rings (SSSR count). The van der Waals surface area contributed by atoms with E-state index in [-0.39, 0.29) is 0 Å². The third-order valence-electron chi connectivity index (χ3n) is 5.13. The van der Waals surface area contributed by atoms with E-state index in [1.165, 1.54) is 37.3 Å². The summed E-state index contributed by atoms with van der Waals surface area (Å²) < 4.78 is 3.60. The molecule has 0 aliphatic carbocycles. The number of thiazole rings is 1. The highest BCUT2D eigenvalue weighted by molar-refractivity contribution is 7.16. The maximum absolute atomic E-state index is 4.52. The van der Waals surface area contributed by atoms with Crippen LogP contribution in [-0.4, -0.2) is 9.55 Å². The van der Waals surface area contributed by atoms with Gasteiger partial charge in [-0.2, -0.15) is 0 Å². The molecule has 0 spiro atoms. The Balaban J connectivity index is 1.86. The Morgan fingerprint density at radius 2 is 1.58 bits per heavy atom. The average Bonchev–Trinajstić information content (AvgIpc) is 3.29. The van der Waals surface area contributed by atoms with Gasteiger partial charge in [-0.05, 0) is 29.7 Å². The van der Waals surface area contributed by atoms with Gasteiger partial charge in [-0.3, -0.25) is 0 Å². The fourth-order valence-corrected chi connectivity index (χ4v) is 4.64. The standard InChI is InChI=1S/C23H14N2S/c1-2-6-17-15(5-1)9-11-19-18-7-3-4-8-21(18)25(23(17)19)16-10-12-22-20(13-16)24-14-26-22/h1-14H. The Kier molecular flexibility index (Phi) is 2.79. The van der Waals surface area contributed by atoms with Crippen LogP contribution in [0.25, 0.3) is 48.5 Å². The maximum Gasteiger partial charge on any atom is 0.0832 e. The molecule has 26 heavy (non-hydrogen) atoms. The van der Waals surface area contributed by atoms with Crippen LogP contribution in [0.4, 0.5) is 0 Å². The van der Waals surface area contributed by atoms with E-state index in [1.54, 1.807) is 11.3 Å². The van der Waals surface area contributed by atoms with Gasteiger partial charge in [0.2, 0.25) is 0 Å². The quantitative estimate of drug-likeness (QED) is 0.329. The number of rotatable bonds is 1. The second kappa shape index (κ2) is 5.16. The predicted molar refractivity (Wildman–Crippen MR) is 111 cm³/mol. The second-order valence-corrected chi connectivity index (χ2v) is 7.43. The number of nitrogens with zero attached hydrogens (tertiary/aromatic N) is 2. The third kappa shape index (κ3) is 1.83. The summed E-state index contributed by atoms with van der Waals surface area (Å²) in [6, 6.07) is 28.3. The number of aromatic nitrogens is 2. The van der Waals surface area contributed by atoms with Crippen LogP contribution >= 0.6 is 11.3 Å². The molecular formula is C23H14N2S. The van der Waals surface area contributed by atoms with Gasteiger partial charge in [0.1, 0.15) is 0 Å². The van der Waals surface area contributed by atoms with Crippen LogP contribution in [0, 0.1) is 0 Å². The summed E-state index contributed by atoms with van der Waals surface area (Å²) in [5.74, 6) is 0. The van der Waals surface area contributed by atoms with Crippen molar-refractivity contribution in [1.82, 2.24) is 9.55 Å². The molecule has 0 atom stereocenters. The number of hydrogen-bond donors (Lipinski definition) is 0. The summed E-state index contributed by atoms with van der Waals surface area (Å²) in [4.78, 5) is 4.52. The minimum atomic E-state index is 1.05. The molecule has 0 fully saturated rings. The van der Waals surface area contributed by atoms with E-state index < -0.39 is 0 Å². The number of fused-ring (bicyclic) bond motifs is 6. The molecule has 0 N–H and O–H groups in total. The molecule has 0 bridgehead atoms. The first-order valence-electron chi connectivity index (χ1n) is 8.65. The number of para-hydroxylation sites is 1. The molecule has 122 valence electrons. The van der Waals surface area contributed by atoms with Gasteiger partial charge in [0.15, 0.2) is 0 Å². The van der Waals surface area contributed by atoms with Gasteiger partial charge in [-0.25, -0.2) is 4.98 Å². The first kappa shape index (κ1) is 14.0. The minimum Gasteiger partial charge on any atom is -0.309 e. The number of hydrogen-bond acceptors (Lipinski definition) is 2. The fourth-order valence-electron chi connectivity index (χ4n) is 3.98. The van der Waals surface area contributed by atoms with Gasteiger partial charge in [-0.1, -0.05) is 54.6 Å². The maximum atomic E-state index is 4.52. The molecule has 6 aromatic rings. The summed E-state index contributed by atoms with van der Waals surface area (Å²) >= 11 is 1.68. The van der Waals surface area contributed by atoms with Crippen molar-refractivity contribution in [3.05, 3.63) is 84.4 Å². The van der Waals surface area contributed by atoms with E-state index >= 15 is 0 Å². The van der Waals surface area contributed by atoms with Crippen molar-refractivity contribution in [1.29, 1.82) is 0 Å². The van der Waals surface area contributed by atoms with Gasteiger partial charge in [0, 0.05) is 21.8 Å². The largest absolute Gasteiger partial charge is 0.309 e. The van der Waals surface area contributed by atoms with Crippen LogP contribution in [-0.2, 0) is 0 Å². The predicted octanol–water partition coefficient (Wildman–Crippen LogP) is 6.55. The Labute approximate surface area is 153 Å². The molecule has 4 aromatic carbocycles. The van der Waals surface area contributed by atoms with Gasteiger partial charge in [-0.15, -0.1) is 11.3 Å². The monoisotopic (exact) mass is 350 g/mol. The summed E-state index contributed by atoms with van der Waals surface area (Å²) in [7, 11) is 0. The van der Waals surface area contributed by atoms with Crippen molar-refractivity contribution >= 4 is 54.1 Å². The third-order valence-corrected chi connectivity index (χ3v) is 5.94. The van der Waals surface area contributed by atoms with Crippen LogP contribution in [0.3, 0.4) is 0 Å². The molecule has 0 unspecified atom stereocenters. The molecule has 0 saturated heterocycles. The summed E-state index contributed by atoms with van der Waals surface area (Å²) in [5.41, 5.74) is 6.62. The zero-order valence-corrected chi connectivity index (χ0v) is 14.7. The SMILES string of the molecule is c1ccc2c(c1)ccc1c3ccccc3n(-c3ccc4scnc4c3)c21. The Hall–Kier alpha value is -3.17. The molecule has 2 nitrogen and oxygen atoms in total.